The van der Waals surface area contributed by atoms with Crippen molar-refractivity contribution in [2.45, 2.75) is 33.2 Å². The third-order valence-electron chi connectivity index (χ3n) is 3.20. The Kier molecular flexibility index (Phi) is 3.71. The average molecular weight is 279 g/mol. The van der Waals surface area contributed by atoms with Gasteiger partial charge >= 0.3 is 0 Å². The molecule has 0 radical (unpaired) electrons. The molecule has 102 valence electrons. The molecule has 6 heteroatoms. The van der Waals surface area contributed by atoms with Gasteiger partial charge < -0.3 is 4.90 Å². The highest BCUT2D eigenvalue weighted by atomic mass is 32.1. The Morgan fingerprint density at radius 1 is 1.53 bits per heavy atom. The van der Waals surface area contributed by atoms with Gasteiger partial charge in [0.2, 0.25) is 0 Å². The lowest BCUT2D eigenvalue weighted by Crippen LogP contribution is -2.37. The van der Waals surface area contributed by atoms with Crippen LogP contribution in [-0.4, -0.2) is 33.3 Å². The monoisotopic (exact) mass is 279 g/mol. The summed E-state index contributed by atoms with van der Waals surface area (Å²) in [5.41, 5.74) is 0.738. The average Bonchev–Trinajstić information content (AvgIpc) is 2.81. The molecule has 2 heterocycles. The molecule has 2 aromatic rings. The van der Waals surface area contributed by atoms with Crippen molar-refractivity contribution in [1.29, 1.82) is 0 Å². The molecule has 5 nitrogen and oxygen atoms in total. The van der Waals surface area contributed by atoms with Gasteiger partial charge in [-0.05, 0) is 20.3 Å². The second-order valence-corrected chi connectivity index (χ2v) is 5.52. The second-order valence-electron chi connectivity index (χ2n) is 4.69. The molecule has 0 saturated heterocycles. The van der Waals surface area contributed by atoms with Crippen LogP contribution in [0.5, 0.6) is 0 Å². The van der Waals surface area contributed by atoms with Crippen LogP contribution in [0.2, 0.25) is 0 Å². The standard InChI is InChI=1S/C13H17N3O2S/c1-5-9-7-19-13-14-6-10(12(18)16(9)13)11(17)15(4)8(2)3/h6-8H,5H2,1-4H3. The van der Waals surface area contributed by atoms with Crippen molar-refractivity contribution in [3.63, 3.8) is 0 Å². The Bertz CT molecular complexity index is 672. The molecular weight excluding hydrogens is 262 g/mol. The van der Waals surface area contributed by atoms with Crippen LogP contribution in [0, 0.1) is 0 Å². The van der Waals surface area contributed by atoms with Gasteiger partial charge in [0.15, 0.2) is 4.96 Å². The maximum absolute atomic E-state index is 12.4. The van der Waals surface area contributed by atoms with Gasteiger partial charge in [-0.1, -0.05) is 6.92 Å². The molecule has 0 spiro atoms. The summed E-state index contributed by atoms with van der Waals surface area (Å²) in [5, 5.41) is 1.91. The number of hydrogen-bond donors (Lipinski definition) is 0. The van der Waals surface area contributed by atoms with Crippen LogP contribution in [0.3, 0.4) is 0 Å². The first-order valence-corrected chi connectivity index (χ1v) is 7.10. The van der Waals surface area contributed by atoms with Crippen molar-refractivity contribution in [3.05, 3.63) is 33.2 Å². The molecule has 2 rings (SSSR count). The highest BCUT2D eigenvalue weighted by molar-refractivity contribution is 7.15. The minimum Gasteiger partial charge on any atom is -0.339 e. The van der Waals surface area contributed by atoms with E-state index in [1.807, 2.05) is 26.2 Å². The van der Waals surface area contributed by atoms with E-state index in [9.17, 15) is 9.59 Å². The molecule has 0 fully saturated rings. The van der Waals surface area contributed by atoms with Gasteiger partial charge in [-0.15, -0.1) is 11.3 Å². The summed E-state index contributed by atoms with van der Waals surface area (Å²) >= 11 is 1.41. The van der Waals surface area contributed by atoms with E-state index < -0.39 is 0 Å². The highest BCUT2D eigenvalue weighted by Crippen LogP contribution is 2.13. The molecule has 19 heavy (non-hydrogen) atoms. The zero-order chi connectivity index (χ0) is 14.2. The lowest BCUT2D eigenvalue weighted by molar-refractivity contribution is 0.0752. The molecule has 0 saturated carbocycles. The van der Waals surface area contributed by atoms with Crippen molar-refractivity contribution >= 4 is 22.2 Å². The van der Waals surface area contributed by atoms with E-state index in [4.69, 9.17) is 0 Å². The van der Waals surface area contributed by atoms with Crippen molar-refractivity contribution in [3.8, 4) is 0 Å². The van der Waals surface area contributed by atoms with E-state index in [-0.39, 0.29) is 23.1 Å². The first kappa shape index (κ1) is 13.7. The molecular formula is C13H17N3O2S. The molecule has 0 bridgehead atoms. The van der Waals surface area contributed by atoms with Crippen LogP contribution in [0.1, 0.15) is 36.8 Å². The number of nitrogens with zero attached hydrogens (tertiary/aromatic N) is 3. The van der Waals surface area contributed by atoms with Gasteiger partial charge in [-0.2, -0.15) is 0 Å². The first-order valence-electron chi connectivity index (χ1n) is 6.22. The molecule has 0 atom stereocenters. The lowest BCUT2D eigenvalue weighted by atomic mass is 10.2. The molecule has 2 aromatic heterocycles. The van der Waals surface area contributed by atoms with Crippen molar-refractivity contribution in [1.82, 2.24) is 14.3 Å². The fourth-order valence-corrected chi connectivity index (χ4v) is 2.70. The van der Waals surface area contributed by atoms with Gasteiger partial charge in [-0.3, -0.25) is 14.0 Å². The van der Waals surface area contributed by atoms with Crippen molar-refractivity contribution < 1.29 is 4.79 Å². The smallest absolute Gasteiger partial charge is 0.271 e. The van der Waals surface area contributed by atoms with E-state index in [0.29, 0.717) is 4.96 Å². The summed E-state index contributed by atoms with van der Waals surface area (Å²) in [6, 6.07) is 0.0423. The normalized spacial score (nSPS) is 11.2. The summed E-state index contributed by atoms with van der Waals surface area (Å²) < 4.78 is 1.53. The van der Waals surface area contributed by atoms with E-state index in [1.165, 1.54) is 21.9 Å². The van der Waals surface area contributed by atoms with E-state index in [2.05, 4.69) is 4.98 Å². The third kappa shape index (κ3) is 2.28. The number of aromatic nitrogens is 2. The largest absolute Gasteiger partial charge is 0.339 e. The SMILES string of the molecule is CCc1csc2ncc(C(=O)N(C)C(C)C)c(=O)n12. The van der Waals surface area contributed by atoms with Gasteiger partial charge in [0.25, 0.3) is 11.5 Å². The molecule has 0 aromatic carbocycles. The number of hydrogen-bond acceptors (Lipinski definition) is 4. The predicted molar refractivity (Wildman–Crippen MR) is 75.9 cm³/mol. The van der Waals surface area contributed by atoms with Gasteiger partial charge in [0.05, 0.1) is 0 Å². The summed E-state index contributed by atoms with van der Waals surface area (Å²) in [7, 11) is 1.69. The van der Waals surface area contributed by atoms with E-state index in [1.54, 1.807) is 11.9 Å². The van der Waals surface area contributed by atoms with Crippen LogP contribution >= 0.6 is 11.3 Å². The van der Waals surface area contributed by atoms with Gasteiger partial charge in [0.1, 0.15) is 5.56 Å². The maximum atomic E-state index is 12.4. The Hall–Kier alpha value is -1.69. The van der Waals surface area contributed by atoms with Crippen LogP contribution in [0.25, 0.3) is 4.96 Å². The Morgan fingerprint density at radius 2 is 2.21 bits per heavy atom. The summed E-state index contributed by atoms with van der Waals surface area (Å²) in [5.74, 6) is -0.282. The predicted octanol–water partition coefficient (Wildman–Crippen LogP) is 1.80. The number of thiazole rings is 1. The van der Waals surface area contributed by atoms with Crippen LogP contribution in [0.4, 0.5) is 0 Å². The number of carbonyl (C=O) groups excluding carboxylic acids is 1. The van der Waals surface area contributed by atoms with Crippen LogP contribution in [-0.2, 0) is 6.42 Å². The number of amides is 1. The fraction of sp³-hybridized carbons (Fsp3) is 0.462. The summed E-state index contributed by atoms with van der Waals surface area (Å²) in [6.07, 6.45) is 2.12. The van der Waals surface area contributed by atoms with Crippen LogP contribution in [0.15, 0.2) is 16.4 Å². The quantitative estimate of drug-likeness (QED) is 0.861. The Labute approximate surface area is 115 Å². The number of rotatable bonds is 3. The lowest BCUT2D eigenvalue weighted by Gasteiger charge is -2.20. The number of fused-ring (bicyclic) bond motifs is 1. The molecule has 0 aliphatic rings. The minimum absolute atomic E-state index is 0.0423. The summed E-state index contributed by atoms with van der Waals surface area (Å²) in [4.78, 5) is 31.1. The minimum atomic E-state index is -0.282. The highest BCUT2D eigenvalue weighted by Gasteiger charge is 2.20. The topological polar surface area (TPSA) is 54.7 Å². The molecule has 0 aliphatic heterocycles. The second kappa shape index (κ2) is 5.13. The maximum Gasteiger partial charge on any atom is 0.271 e. The number of aryl methyl sites for hydroxylation is 1. The fourth-order valence-electron chi connectivity index (χ4n) is 1.76. The Morgan fingerprint density at radius 3 is 2.79 bits per heavy atom. The van der Waals surface area contributed by atoms with Crippen molar-refractivity contribution in [2.75, 3.05) is 7.05 Å². The Balaban J connectivity index is 2.60. The van der Waals surface area contributed by atoms with Crippen LogP contribution < -0.4 is 5.56 Å². The van der Waals surface area contributed by atoms with Gasteiger partial charge in [0, 0.05) is 30.4 Å². The molecule has 0 N–H and O–H groups in total. The van der Waals surface area contributed by atoms with E-state index in [0.717, 1.165) is 12.1 Å². The zero-order valence-corrected chi connectivity index (χ0v) is 12.3. The first-order chi connectivity index (χ1) is 8.97. The summed E-state index contributed by atoms with van der Waals surface area (Å²) in [6.45, 7) is 5.79. The molecule has 0 unspecified atom stereocenters. The number of carbonyl (C=O) groups is 1. The van der Waals surface area contributed by atoms with Crippen molar-refractivity contribution in [2.24, 2.45) is 0 Å². The van der Waals surface area contributed by atoms with E-state index >= 15 is 0 Å². The third-order valence-corrected chi connectivity index (χ3v) is 4.09. The van der Waals surface area contributed by atoms with Gasteiger partial charge in [-0.25, -0.2) is 4.98 Å². The zero-order valence-electron chi connectivity index (χ0n) is 11.5. The molecule has 1 amide bonds. The molecule has 0 aliphatic carbocycles.